The summed E-state index contributed by atoms with van der Waals surface area (Å²) in [6.45, 7) is 2.30. The first-order chi connectivity index (χ1) is 9.82. The maximum atomic E-state index is 12.9. The zero-order valence-corrected chi connectivity index (χ0v) is 12.0. The van der Waals surface area contributed by atoms with Crippen LogP contribution in [0.2, 0.25) is 0 Å². The van der Waals surface area contributed by atoms with Gasteiger partial charge in [0.2, 0.25) is 5.91 Å². The summed E-state index contributed by atoms with van der Waals surface area (Å²) in [5.41, 5.74) is 0.808. The molecule has 1 amide bonds. The van der Waals surface area contributed by atoms with E-state index in [0.29, 0.717) is 6.54 Å². The molecule has 0 spiro atoms. The minimum atomic E-state index is -4.35. The van der Waals surface area contributed by atoms with Gasteiger partial charge in [0.15, 0.2) is 0 Å². The highest BCUT2D eigenvalue weighted by atomic mass is 19.4. The molecular weight excluding hydrogens is 285 g/mol. The van der Waals surface area contributed by atoms with Crippen LogP contribution in [0.15, 0.2) is 12.4 Å². The Kier molecular flexibility index (Phi) is 4.55. The Labute approximate surface area is 121 Å². The Bertz CT molecular complexity index is 500. The topological polar surface area (TPSA) is 50.2 Å². The molecule has 0 aromatic carbocycles. The lowest BCUT2D eigenvalue weighted by molar-refractivity contribution is -0.185. The summed E-state index contributed by atoms with van der Waals surface area (Å²) in [6, 6.07) is 0. The third-order valence-electron chi connectivity index (χ3n) is 3.78. The Morgan fingerprint density at radius 2 is 2.24 bits per heavy atom. The average molecular weight is 304 g/mol. The van der Waals surface area contributed by atoms with Gasteiger partial charge in [-0.1, -0.05) is 0 Å². The van der Waals surface area contributed by atoms with Crippen LogP contribution in [0, 0.1) is 11.8 Å². The van der Waals surface area contributed by atoms with E-state index < -0.39 is 23.9 Å². The third-order valence-corrected chi connectivity index (χ3v) is 3.78. The fourth-order valence-corrected chi connectivity index (χ4v) is 2.64. The molecule has 2 rings (SSSR count). The number of aryl methyl sites for hydroxylation is 1. The first-order valence-corrected chi connectivity index (χ1v) is 6.86. The molecule has 1 aromatic heterocycles. The monoisotopic (exact) mass is 304 g/mol. The van der Waals surface area contributed by atoms with Gasteiger partial charge in [-0.05, 0) is 6.92 Å². The van der Waals surface area contributed by atoms with Crippen molar-refractivity contribution in [1.82, 2.24) is 20.0 Å². The van der Waals surface area contributed by atoms with Crippen LogP contribution in [0.3, 0.4) is 0 Å². The van der Waals surface area contributed by atoms with Crippen molar-refractivity contribution in [3.8, 4) is 0 Å². The average Bonchev–Trinajstić information content (AvgIpc) is 3.03. The van der Waals surface area contributed by atoms with Crippen LogP contribution >= 0.6 is 0 Å². The maximum absolute atomic E-state index is 12.9. The van der Waals surface area contributed by atoms with E-state index in [2.05, 4.69) is 10.4 Å². The van der Waals surface area contributed by atoms with Crippen LogP contribution in [-0.4, -0.2) is 46.4 Å². The zero-order valence-electron chi connectivity index (χ0n) is 12.0. The summed E-state index contributed by atoms with van der Waals surface area (Å²) >= 11 is 0. The van der Waals surface area contributed by atoms with Crippen LogP contribution in [-0.2, 0) is 18.4 Å². The van der Waals surface area contributed by atoms with E-state index in [-0.39, 0.29) is 19.6 Å². The standard InChI is InChI=1S/C13H19F3N4O/c1-3-20(8-9-4-18-19(2)7-9)12(21)10-5-17-6-11(10)13(14,15)16/h4,7,10-11,17H,3,5-6,8H2,1-2H3/t10-,11-/m1/s1. The van der Waals surface area contributed by atoms with E-state index in [1.807, 2.05) is 0 Å². The van der Waals surface area contributed by atoms with Crippen molar-refractivity contribution >= 4 is 5.91 Å². The molecule has 0 radical (unpaired) electrons. The van der Waals surface area contributed by atoms with Gasteiger partial charge in [0.1, 0.15) is 0 Å². The highest BCUT2D eigenvalue weighted by Crippen LogP contribution is 2.35. The van der Waals surface area contributed by atoms with Gasteiger partial charge >= 0.3 is 6.18 Å². The second-order valence-corrected chi connectivity index (χ2v) is 5.29. The number of hydrogen-bond acceptors (Lipinski definition) is 3. The number of nitrogens with one attached hydrogen (secondary N) is 1. The molecule has 1 N–H and O–H groups in total. The van der Waals surface area contributed by atoms with Crippen molar-refractivity contribution in [2.75, 3.05) is 19.6 Å². The summed E-state index contributed by atoms with van der Waals surface area (Å²) in [7, 11) is 1.75. The van der Waals surface area contributed by atoms with Crippen molar-refractivity contribution in [2.45, 2.75) is 19.6 Å². The summed E-state index contributed by atoms with van der Waals surface area (Å²) in [4.78, 5) is 13.9. The predicted octanol–water partition coefficient (Wildman–Crippen LogP) is 1.17. The Morgan fingerprint density at radius 1 is 1.52 bits per heavy atom. The number of rotatable bonds is 4. The molecule has 5 nitrogen and oxygen atoms in total. The van der Waals surface area contributed by atoms with Gasteiger partial charge in [0.25, 0.3) is 0 Å². The molecule has 0 unspecified atom stereocenters. The Balaban J connectivity index is 2.09. The second kappa shape index (κ2) is 6.05. The quantitative estimate of drug-likeness (QED) is 0.908. The van der Waals surface area contributed by atoms with Crippen molar-refractivity contribution in [3.05, 3.63) is 18.0 Å². The molecule has 2 heterocycles. The van der Waals surface area contributed by atoms with E-state index in [9.17, 15) is 18.0 Å². The maximum Gasteiger partial charge on any atom is 0.393 e. The van der Waals surface area contributed by atoms with Crippen LogP contribution in [0.5, 0.6) is 0 Å². The highest BCUT2D eigenvalue weighted by molar-refractivity contribution is 5.80. The van der Waals surface area contributed by atoms with Crippen LogP contribution < -0.4 is 5.32 Å². The normalized spacial score (nSPS) is 22.5. The molecule has 1 fully saturated rings. The fourth-order valence-electron chi connectivity index (χ4n) is 2.64. The number of amides is 1. The van der Waals surface area contributed by atoms with Crippen LogP contribution in [0.1, 0.15) is 12.5 Å². The first kappa shape index (κ1) is 15.8. The summed E-state index contributed by atoms with van der Waals surface area (Å²) in [5, 5.41) is 6.67. The minimum absolute atomic E-state index is 0.0759. The van der Waals surface area contributed by atoms with Gasteiger partial charge in [-0.15, -0.1) is 0 Å². The molecule has 1 aliphatic heterocycles. The molecule has 2 atom stereocenters. The minimum Gasteiger partial charge on any atom is -0.338 e. The number of carbonyl (C=O) groups excluding carboxylic acids is 1. The van der Waals surface area contributed by atoms with Crippen molar-refractivity contribution in [2.24, 2.45) is 18.9 Å². The summed E-state index contributed by atoms with van der Waals surface area (Å²) < 4.78 is 40.4. The van der Waals surface area contributed by atoms with E-state index in [4.69, 9.17) is 0 Å². The largest absolute Gasteiger partial charge is 0.393 e. The summed E-state index contributed by atoms with van der Waals surface area (Å²) in [6.07, 6.45) is -0.980. The van der Waals surface area contributed by atoms with Crippen LogP contribution in [0.25, 0.3) is 0 Å². The summed E-state index contributed by atoms with van der Waals surface area (Å²) in [5.74, 6) is -3.09. The first-order valence-electron chi connectivity index (χ1n) is 6.86. The predicted molar refractivity (Wildman–Crippen MR) is 70.2 cm³/mol. The smallest absolute Gasteiger partial charge is 0.338 e. The lowest BCUT2D eigenvalue weighted by atomic mass is 9.94. The molecule has 0 saturated carbocycles. The number of alkyl halides is 3. The van der Waals surface area contributed by atoms with Crippen molar-refractivity contribution in [1.29, 1.82) is 0 Å². The molecule has 0 aliphatic carbocycles. The zero-order chi connectivity index (χ0) is 15.6. The number of hydrogen-bond donors (Lipinski definition) is 1. The number of nitrogens with zero attached hydrogens (tertiary/aromatic N) is 3. The van der Waals surface area contributed by atoms with Gasteiger partial charge in [0.05, 0.1) is 18.0 Å². The van der Waals surface area contributed by atoms with E-state index >= 15 is 0 Å². The molecule has 1 aliphatic rings. The Morgan fingerprint density at radius 3 is 2.76 bits per heavy atom. The van der Waals surface area contributed by atoms with E-state index in [1.54, 1.807) is 31.0 Å². The number of halogens is 3. The molecule has 1 saturated heterocycles. The third kappa shape index (κ3) is 3.55. The van der Waals surface area contributed by atoms with E-state index in [1.165, 1.54) is 4.90 Å². The highest BCUT2D eigenvalue weighted by Gasteiger charge is 2.50. The lowest BCUT2D eigenvalue weighted by Crippen LogP contribution is -2.42. The molecule has 21 heavy (non-hydrogen) atoms. The molecule has 1 aromatic rings. The molecule has 0 bridgehead atoms. The number of aromatic nitrogens is 2. The number of carbonyl (C=O) groups is 1. The SMILES string of the molecule is CCN(Cc1cnn(C)c1)C(=O)[C@@H]1CNC[C@H]1C(F)(F)F. The lowest BCUT2D eigenvalue weighted by Gasteiger charge is -2.27. The van der Waals surface area contributed by atoms with Gasteiger partial charge in [-0.3, -0.25) is 9.48 Å². The van der Waals surface area contributed by atoms with Crippen molar-refractivity contribution < 1.29 is 18.0 Å². The van der Waals surface area contributed by atoms with Crippen molar-refractivity contribution in [3.63, 3.8) is 0 Å². The molecule has 8 heteroatoms. The van der Waals surface area contributed by atoms with E-state index in [0.717, 1.165) is 5.56 Å². The molecular formula is C13H19F3N4O. The fraction of sp³-hybridized carbons (Fsp3) is 0.692. The van der Waals surface area contributed by atoms with Crippen LogP contribution in [0.4, 0.5) is 13.2 Å². The second-order valence-electron chi connectivity index (χ2n) is 5.29. The van der Waals surface area contributed by atoms with Gasteiger partial charge in [-0.2, -0.15) is 18.3 Å². The van der Waals surface area contributed by atoms with Gasteiger partial charge in [-0.25, -0.2) is 0 Å². The van der Waals surface area contributed by atoms with Gasteiger partial charge in [0, 0.05) is 45.0 Å². The van der Waals surface area contributed by atoms with Gasteiger partial charge < -0.3 is 10.2 Å². The molecule has 118 valence electrons. The Hall–Kier alpha value is -1.57.